The number of phenolic OH excluding ortho intramolecular Hbond substituents is 1. The highest BCUT2D eigenvalue weighted by atomic mass is 16.4. The molecular weight excluding hydrogens is 186 g/mol. The lowest BCUT2D eigenvalue weighted by Crippen LogP contribution is -2.09. The molecule has 0 aliphatic carbocycles. The van der Waals surface area contributed by atoms with Gasteiger partial charge in [-0.2, -0.15) is 0 Å². The maximum Gasteiger partial charge on any atom is 0.311 e. The molecule has 0 radical (unpaired) electrons. The van der Waals surface area contributed by atoms with Crippen molar-refractivity contribution in [1.82, 2.24) is 0 Å². The second-order valence-corrected chi connectivity index (χ2v) is 2.73. The van der Waals surface area contributed by atoms with Crippen LogP contribution in [0.2, 0.25) is 0 Å². The number of carbonyl (C=O) groups is 2. The zero-order chi connectivity index (χ0) is 10.7. The summed E-state index contributed by atoms with van der Waals surface area (Å²) in [5.41, 5.74) is 5.35. The topological polar surface area (TPSA) is 101 Å². The molecule has 0 atom stereocenters. The molecule has 0 aromatic heterocycles. The molecule has 4 N–H and O–H groups in total. The average Bonchev–Trinajstić information content (AvgIpc) is 2.08. The molecule has 0 fully saturated rings. The van der Waals surface area contributed by atoms with E-state index >= 15 is 0 Å². The number of nitrogens with two attached hydrogens (primary N) is 1. The van der Waals surface area contributed by atoms with Crippen molar-refractivity contribution in [3.63, 3.8) is 0 Å². The summed E-state index contributed by atoms with van der Waals surface area (Å²) in [6.07, 6.45) is -0.631. The Kier molecular flexibility index (Phi) is 2.71. The Morgan fingerprint density at radius 1 is 1.36 bits per heavy atom. The molecule has 0 aliphatic heterocycles. The number of phenols is 1. The summed E-state index contributed by atoms with van der Waals surface area (Å²) in [4.78, 5) is 21.5. The highest BCUT2D eigenvalue weighted by Gasteiger charge is 2.14. The summed E-state index contributed by atoms with van der Waals surface area (Å²) in [6.45, 7) is 0. The lowest BCUT2D eigenvalue weighted by molar-refractivity contribution is -0.135. The number of rotatable bonds is 3. The van der Waals surface area contributed by atoms with Gasteiger partial charge in [0.1, 0.15) is 12.2 Å². The number of aromatic hydroxyl groups is 1. The Bertz CT molecular complexity index is 386. The molecule has 1 rings (SSSR count). The third-order valence-corrected chi connectivity index (χ3v) is 1.70. The zero-order valence-corrected chi connectivity index (χ0v) is 7.23. The van der Waals surface area contributed by atoms with E-state index in [1.165, 1.54) is 18.2 Å². The van der Waals surface area contributed by atoms with Gasteiger partial charge in [0.2, 0.25) is 0 Å². The van der Waals surface area contributed by atoms with E-state index in [-0.39, 0.29) is 17.0 Å². The first-order valence-corrected chi connectivity index (χ1v) is 3.85. The number of carboxylic acids is 1. The molecule has 0 unspecified atom stereocenters. The van der Waals surface area contributed by atoms with Crippen molar-refractivity contribution < 1.29 is 19.8 Å². The van der Waals surface area contributed by atoms with Crippen LogP contribution in [-0.2, 0) is 4.79 Å². The first-order valence-electron chi connectivity index (χ1n) is 3.85. The summed E-state index contributed by atoms with van der Waals surface area (Å²) < 4.78 is 0. The Morgan fingerprint density at radius 3 is 2.57 bits per heavy atom. The third-order valence-electron chi connectivity index (χ3n) is 1.70. The normalized spacial score (nSPS) is 9.71. The summed E-state index contributed by atoms with van der Waals surface area (Å²) in [5.74, 6) is -2.06. The molecule has 0 aliphatic rings. The number of para-hydroxylation sites is 1. The van der Waals surface area contributed by atoms with Crippen molar-refractivity contribution in [3.05, 3.63) is 23.8 Å². The third kappa shape index (κ3) is 2.01. The highest BCUT2D eigenvalue weighted by molar-refractivity contribution is 6.09. The van der Waals surface area contributed by atoms with Gasteiger partial charge in [0.25, 0.3) is 0 Å². The molecule has 0 saturated carbocycles. The molecule has 14 heavy (non-hydrogen) atoms. The van der Waals surface area contributed by atoms with Gasteiger partial charge in [-0.05, 0) is 12.1 Å². The molecule has 0 amide bonds. The van der Waals surface area contributed by atoms with Crippen molar-refractivity contribution >= 4 is 17.4 Å². The van der Waals surface area contributed by atoms with Crippen LogP contribution in [0, 0.1) is 0 Å². The van der Waals surface area contributed by atoms with Crippen molar-refractivity contribution in [2.24, 2.45) is 0 Å². The van der Waals surface area contributed by atoms with Gasteiger partial charge in [-0.3, -0.25) is 9.59 Å². The number of hydrogen-bond acceptors (Lipinski definition) is 4. The molecule has 1 aromatic carbocycles. The minimum Gasteiger partial charge on any atom is -0.506 e. The highest BCUT2D eigenvalue weighted by Crippen LogP contribution is 2.24. The fourth-order valence-electron chi connectivity index (χ4n) is 1.03. The van der Waals surface area contributed by atoms with E-state index in [4.69, 9.17) is 15.9 Å². The van der Waals surface area contributed by atoms with Crippen LogP contribution in [0.15, 0.2) is 18.2 Å². The maximum atomic E-state index is 11.3. The monoisotopic (exact) mass is 195 g/mol. The number of hydrogen-bond donors (Lipinski definition) is 3. The van der Waals surface area contributed by atoms with Crippen LogP contribution in [0.5, 0.6) is 5.75 Å². The number of carboxylic acid groups (broad SMARTS) is 1. The molecule has 5 nitrogen and oxygen atoms in total. The van der Waals surface area contributed by atoms with E-state index in [1.54, 1.807) is 0 Å². The quantitative estimate of drug-likeness (QED) is 0.284. The standard InChI is InChI=1S/C9H9NO4/c10-9-5(2-1-3-6(9)11)7(12)4-8(13)14/h1-3,11H,4,10H2,(H,13,14). The van der Waals surface area contributed by atoms with Crippen LogP contribution in [0.1, 0.15) is 16.8 Å². The second kappa shape index (κ2) is 3.78. The van der Waals surface area contributed by atoms with E-state index < -0.39 is 18.2 Å². The summed E-state index contributed by atoms with van der Waals surface area (Å²) in [5, 5.41) is 17.5. The van der Waals surface area contributed by atoms with Gasteiger partial charge in [-0.1, -0.05) is 6.07 Å². The molecule has 0 saturated heterocycles. The Balaban J connectivity index is 3.01. The van der Waals surface area contributed by atoms with E-state index in [0.717, 1.165) is 0 Å². The average molecular weight is 195 g/mol. The number of ketones is 1. The zero-order valence-electron chi connectivity index (χ0n) is 7.23. The predicted octanol–water partition coefficient (Wildman–Crippen LogP) is 0.632. The number of carbonyl (C=O) groups excluding carboxylic acids is 1. The Labute approximate surface area is 79.8 Å². The van der Waals surface area contributed by atoms with Crippen molar-refractivity contribution in [2.75, 3.05) is 5.73 Å². The Morgan fingerprint density at radius 2 is 2.00 bits per heavy atom. The number of aliphatic carboxylic acids is 1. The van der Waals surface area contributed by atoms with Gasteiger partial charge in [0.15, 0.2) is 5.78 Å². The van der Waals surface area contributed by atoms with Crippen molar-refractivity contribution in [1.29, 1.82) is 0 Å². The number of benzene rings is 1. The molecule has 0 heterocycles. The molecule has 0 bridgehead atoms. The van der Waals surface area contributed by atoms with Crippen LogP contribution in [0.4, 0.5) is 5.69 Å². The van der Waals surface area contributed by atoms with Gasteiger partial charge in [-0.25, -0.2) is 0 Å². The molecule has 1 aromatic rings. The smallest absolute Gasteiger partial charge is 0.311 e. The Hall–Kier alpha value is -2.04. The molecule has 0 spiro atoms. The number of anilines is 1. The van der Waals surface area contributed by atoms with Crippen LogP contribution in [0.3, 0.4) is 0 Å². The first-order chi connectivity index (χ1) is 6.52. The molecular formula is C9H9NO4. The van der Waals surface area contributed by atoms with E-state index in [2.05, 4.69) is 0 Å². The fourth-order valence-corrected chi connectivity index (χ4v) is 1.03. The van der Waals surface area contributed by atoms with E-state index in [1.807, 2.05) is 0 Å². The van der Waals surface area contributed by atoms with Gasteiger partial charge in [0, 0.05) is 5.56 Å². The maximum absolute atomic E-state index is 11.3. The van der Waals surface area contributed by atoms with Gasteiger partial charge in [-0.15, -0.1) is 0 Å². The SMILES string of the molecule is Nc1c(O)cccc1C(=O)CC(=O)O. The lowest BCUT2D eigenvalue weighted by atomic mass is 10.1. The summed E-state index contributed by atoms with van der Waals surface area (Å²) in [7, 11) is 0. The molecule has 5 heteroatoms. The van der Waals surface area contributed by atoms with E-state index in [9.17, 15) is 9.59 Å². The predicted molar refractivity (Wildman–Crippen MR) is 49.1 cm³/mol. The minimum atomic E-state index is -1.22. The summed E-state index contributed by atoms with van der Waals surface area (Å²) >= 11 is 0. The minimum absolute atomic E-state index is 0.0346. The van der Waals surface area contributed by atoms with Crippen LogP contribution in [0.25, 0.3) is 0 Å². The fraction of sp³-hybridized carbons (Fsp3) is 0.111. The largest absolute Gasteiger partial charge is 0.506 e. The van der Waals surface area contributed by atoms with E-state index in [0.29, 0.717) is 0 Å². The van der Waals surface area contributed by atoms with Gasteiger partial charge in [0.05, 0.1) is 5.69 Å². The molecule has 74 valence electrons. The van der Waals surface area contributed by atoms with Crippen molar-refractivity contribution in [2.45, 2.75) is 6.42 Å². The van der Waals surface area contributed by atoms with Crippen molar-refractivity contribution in [3.8, 4) is 5.75 Å². The van der Waals surface area contributed by atoms with Gasteiger partial charge < -0.3 is 15.9 Å². The number of Topliss-reactive ketones (excluding diaryl/α,β-unsaturated/α-hetero) is 1. The van der Waals surface area contributed by atoms with Crippen LogP contribution >= 0.6 is 0 Å². The van der Waals surface area contributed by atoms with Crippen LogP contribution < -0.4 is 5.73 Å². The second-order valence-electron chi connectivity index (χ2n) is 2.73. The number of nitrogen functional groups attached to an aromatic ring is 1. The first kappa shape index (κ1) is 10.0. The lowest BCUT2D eigenvalue weighted by Gasteiger charge is -2.04. The summed E-state index contributed by atoms with van der Waals surface area (Å²) in [6, 6.07) is 4.13. The van der Waals surface area contributed by atoms with Crippen LogP contribution in [-0.4, -0.2) is 22.0 Å². The van der Waals surface area contributed by atoms with Gasteiger partial charge >= 0.3 is 5.97 Å².